The van der Waals surface area contributed by atoms with Gasteiger partial charge in [-0.3, -0.25) is 9.59 Å². The molecule has 0 saturated carbocycles. The van der Waals surface area contributed by atoms with Gasteiger partial charge in [0.1, 0.15) is 0 Å². The van der Waals surface area contributed by atoms with E-state index in [1.165, 1.54) is 6.08 Å². The molecular weight excluding hydrogens is 192 g/mol. The predicted octanol–water partition coefficient (Wildman–Crippen LogP) is 0.690. The maximum atomic E-state index is 11.3. The van der Waals surface area contributed by atoms with Crippen LogP contribution in [0.2, 0.25) is 0 Å². The Kier molecular flexibility index (Phi) is 4.34. The number of hydrogen-bond acceptors (Lipinski definition) is 2. The van der Waals surface area contributed by atoms with E-state index in [2.05, 4.69) is 11.9 Å². The summed E-state index contributed by atoms with van der Waals surface area (Å²) in [5, 5.41) is 2.94. The third-order valence-corrected chi connectivity index (χ3v) is 2.67. The summed E-state index contributed by atoms with van der Waals surface area (Å²) in [6, 6.07) is 0.228. The van der Waals surface area contributed by atoms with Crippen molar-refractivity contribution < 1.29 is 9.59 Å². The van der Waals surface area contributed by atoms with Crippen LogP contribution in [-0.2, 0) is 9.59 Å². The van der Waals surface area contributed by atoms with Gasteiger partial charge in [-0.2, -0.15) is 0 Å². The number of carbonyl (C=O) groups is 2. The third-order valence-electron chi connectivity index (χ3n) is 2.67. The van der Waals surface area contributed by atoms with Crippen molar-refractivity contribution in [3.8, 4) is 0 Å². The van der Waals surface area contributed by atoms with Gasteiger partial charge in [0.2, 0.25) is 11.8 Å². The molecule has 1 saturated heterocycles. The number of likely N-dealkylation sites (tertiary alicyclic amines) is 1. The van der Waals surface area contributed by atoms with E-state index in [1.54, 1.807) is 4.90 Å². The molecule has 0 atom stereocenters. The third kappa shape index (κ3) is 3.38. The maximum Gasteiger partial charge on any atom is 0.245 e. The molecule has 0 spiro atoms. The highest BCUT2D eigenvalue weighted by molar-refractivity contribution is 5.87. The van der Waals surface area contributed by atoms with Crippen molar-refractivity contribution in [1.82, 2.24) is 10.2 Å². The highest BCUT2D eigenvalue weighted by atomic mass is 16.2. The molecule has 1 fully saturated rings. The minimum atomic E-state index is -0.0183. The smallest absolute Gasteiger partial charge is 0.245 e. The maximum absolute atomic E-state index is 11.3. The van der Waals surface area contributed by atoms with Crippen molar-refractivity contribution >= 4 is 11.8 Å². The first-order chi connectivity index (χ1) is 7.17. The van der Waals surface area contributed by atoms with Crippen LogP contribution in [0.15, 0.2) is 12.7 Å². The summed E-state index contributed by atoms with van der Waals surface area (Å²) in [5.41, 5.74) is 0. The molecule has 84 valence electrons. The van der Waals surface area contributed by atoms with E-state index in [1.807, 2.05) is 6.92 Å². The summed E-state index contributed by atoms with van der Waals surface area (Å²) in [6.45, 7) is 6.71. The van der Waals surface area contributed by atoms with Gasteiger partial charge in [0.25, 0.3) is 0 Å². The van der Waals surface area contributed by atoms with Crippen molar-refractivity contribution in [2.75, 3.05) is 13.1 Å². The van der Waals surface area contributed by atoms with Crippen LogP contribution in [0.5, 0.6) is 0 Å². The first kappa shape index (κ1) is 11.8. The lowest BCUT2D eigenvalue weighted by Gasteiger charge is -2.31. The van der Waals surface area contributed by atoms with Gasteiger partial charge in [-0.15, -0.1) is 0 Å². The Hall–Kier alpha value is -1.32. The summed E-state index contributed by atoms with van der Waals surface area (Å²) in [5.74, 6) is 0.0683. The molecule has 4 heteroatoms. The second-order valence-corrected chi connectivity index (χ2v) is 3.72. The number of hydrogen-bond donors (Lipinski definition) is 1. The molecule has 0 aliphatic carbocycles. The molecule has 15 heavy (non-hydrogen) atoms. The van der Waals surface area contributed by atoms with Gasteiger partial charge in [-0.25, -0.2) is 0 Å². The van der Waals surface area contributed by atoms with Crippen LogP contribution in [-0.4, -0.2) is 35.8 Å². The van der Waals surface area contributed by atoms with Crippen molar-refractivity contribution in [3.63, 3.8) is 0 Å². The lowest BCUT2D eigenvalue weighted by atomic mass is 10.0. The number of piperidine rings is 1. The second kappa shape index (κ2) is 5.53. The fourth-order valence-corrected chi connectivity index (χ4v) is 1.70. The summed E-state index contributed by atoms with van der Waals surface area (Å²) in [7, 11) is 0. The molecule has 1 aliphatic rings. The molecule has 1 heterocycles. The number of amides is 2. The molecule has 4 nitrogen and oxygen atoms in total. The van der Waals surface area contributed by atoms with Crippen LogP contribution in [0.3, 0.4) is 0 Å². The minimum absolute atomic E-state index is 0.0183. The Morgan fingerprint density at radius 1 is 1.47 bits per heavy atom. The van der Waals surface area contributed by atoms with E-state index in [0.29, 0.717) is 19.5 Å². The van der Waals surface area contributed by atoms with E-state index in [0.717, 1.165) is 12.8 Å². The Balaban J connectivity index is 2.32. The fourth-order valence-electron chi connectivity index (χ4n) is 1.70. The van der Waals surface area contributed by atoms with Gasteiger partial charge in [-0.1, -0.05) is 13.5 Å². The molecule has 0 unspecified atom stereocenters. The number of nitrogens with zero attached hydrogens (tertiary/aromatic N) is 1. The van der Waals surface area contributed by atoms with Gasteiger partial charge in [-0.05, 0) is 18.9 Å². The number of rotatable bonds is 3. The molecule has 1 rings (SSSR count). The van der Waals surface area contributed by atoms with E-state index >= 15 is 0 Å². The average molecular weight is 210 g/mol. The Morgan fingerprint density at radius 2 is 2.07 bits per heavy atom. The summed E-state index contributed by atoms with van der Waals surface area (Å²) >= 11 is 0. The van der Waals surface area contributed by atoms with E-state index in [4.69, 9.17) is 0 Å². The lowest BCUT2D eigenvalue weighted by Crippen LogP contribution is -2.46. The molecule has 0 aromatic rings. The molecule has 0 aromatic heterocycles. The van der Waals surface area contributed by atoms with Crippen LogP contribution in [0.4, 0.5) is 0 Å². The quantitative estimate of drug-likeness (QED) is 0.697. The monoisotopic (exact) mass is 210 g/mol. The zero-order valence-corrected chi connectivity index (χ0v) is 9.16. The standard InChI is InChI=1S/C11H18N2O2/c1-3-10(14)12-9-5-7-13(8-6-9)11(15)4-2/h4,9H,2-3,5-8H2,1H3,(H,12,14). The molecule has 1 N–H and O–H groups in total. The normalized spacial score (nSPS) is 17.3. The van der Waals surface area contributed by atoms with Crippen LogP contribution >= 0.6 is 0 Å². The fraction of sp³-hybridized carbons (Fsp3) is 0.636. The molecule has 2 amide bonds. The number of nitrogens with one attached hydrogen (secondary N) is 1. The van der Waals surface area contributed by atoms with Crippen LogP contribution in [0.1, 0.15) is 26.2 Å². The summed E-state index contributed by atoms with van der Waals surface area (Å²) in [6.07, 6.45) is 3.54. The van der Waals surface area contributed by atoms with E-state index in [9.17, 15) is 9.59 Å². The van der Waals surface area contributed by atoms with Crippen LogP contribution in [0.25, 0.3) is 0 Å². The Morgan fingerprint density at radius 3 is 2.53 bits per heavy atom. The highest BCUT2D eigenvalue weighted by Crippen LogP contribution is 2.10. The van der Waals surface area contributed by atoms with Crippen molar-refractivity contribution in [2.24, 2.45) is 0 Å². The zero-order valence-electron chi connectivity index (χ0n) is 9.16. The summed E-state index contributed by atoms with van der Waals surface area (Å²) < 4.78 is 0. The SMILES string of the molecule is C=CC(=O)N1CCC(NC(=O)CC)CC1. The zero-order chi connectivity index (χ0) is 11.3. The Labute approximate surface area is 90.3 Å². The van der Waals surface area contributed by atoms with Gasteiger partial charge in [0.15, 0.2) is 0 Å². The number of carbonyl (C=O) groups excluding carboxylic acids is 2. The highest BCUT2D eigenvalue weighted by Gasteiger charge is 2.21. The molecule has 0 aromatic carbocycles. The van der Waals surface area contributed by atoms with Gasteiger partial charge in [0, 0.05) is 25.6 Å². The minimum Gasteiger partial charge on any atom is -0.353 e. The molecule has 1 aliphatic heterocycles. The summed E-state index contributed by atoms with van der Waals surface area (Å²) in [4.78, 5) is 24.2. The Bertz CT molecular complexity index is 255. The topological polar surface area (TPSA) is 49.4 Å². The molecular formula is C11H18N2O2. The molecule has 0 bridgehead atoms. The van der Waals surface area contributed by atoms with Crippen molar-refractivity contribution in [1.29, 1.82) is 0 Å². The average Bonchev–Trinajstić information content (AvgIpc) is 2.29. The van der Waals surface area contributed by atoms with E-state index in [-0.39, 0.29) is 17.9 Å². The van der Waals surface area contributed by atoms with Gasteiger partial charge >= 0.3 is 0 Å². The largest absolute Gasteiger partial charge is 0.353 e. The van der Waals surface area contributed by atoms with Crippen molar-refractivity contribution in [3.05, 3.63) is 12.7 Å². The van der Waals surface area contributed by atoms with Gasteiger partial charge < -0.3 is 10.2 Å². The molecule has 0 radical (unpaired) electrons. The first-order valence-corrected chi connectivity index (χ1v) is 5.38. The second-order valence-electron chi connectivity index (χ2n) is 3.72. The van der Waals surface area contributed by atoms with Crippen LogP contribution < -0.4 is 5.32 Å². The van der Waals surface area contributed by atoms with E-state index < -0.39 is 0 Å². The lowest BCUT2D eigenvalue weighted by molar-refractivity contribution is -0.127. The van der Waals surface area contributed by atoms with Gasteiger partial charge in [0.05, 0.1) is 0 Å². The van der Waals surface area contributed by atoms with Crippen molar-refractivity contribution in [2.45, 2.75) is 32.2 Å². The predicted molar refractivity (Wildman–Crippen MR) is 58.2 cm³/mol. The van der Waals surface area contributed by atoms with Crippen LogP contribution in [0, 0.1) is 0 Å². The first-order valence-electron chi connectivity index (χ1n) is 5.38.